The SMILES string of the molecule is CC(C)(C)OC(=O)N1CCC[C@H](N(Cc2ccccc2)C(=O)Cc2csc(-c3cccnc3)n2)C1. The van der Waals surface area contributed by atoms with Crippen molar-refractivity contribution in [2.45, 2.75) is 58.2 Å². The topological polar surface area (TPSA) is 75.6 Å². The van der Waals surface area contributed by atoms with Crippen LogP contribution in [-0.2, 0) is 22.5 Å². The quantitative estimate of drug-likeness (QED) is 0.474. The number of pyridine rings is 1. The lowest BCUT2D eigenvalue weighted by atomic mass is 10.0. The molecule has 0 aliphatic carbocycles. The molecule has 8 heteroatoms. The molecule has 0 spiro atoms. The normalized spacial score (nSPS) is 16.1. The molecule has 184 valence electrons. The summed E-state index contributed by atoms with van der Waals surface area (Å²) in [6.07, 6.45) is 5.06. The Kier molecular flexibility index (Phi) is 7.80. The maximum Gasteiger partial charge on any atom is 0.410 e. The van der Waals surface area contributed by atoms with E-state index < -0.39 is 5.60 Å². The summed E-state index contributed by atoms with van der Waals surface area (Å²) in [4.78, 5) is 38.8. The number of piperidine rings is 1. The van der Waals surface area contributed by atoms with E-state index in [0.717, 1.165) is 34.7 Å². The number of nitrogens with zero attached hydrogens (tertiary/aromatic N) is 4. The monoisotopic (exact) mass is 492 g/mol. The molecule has 2 aromatic heterocycles. The van der Waals surface area contributed by atoms with Crippen LogP contribution in [0.5, 0.6) is 0 Å². The smallest absolute Gasteiger partial charge is 0.410 e. The zero-order chi connectivity index (χ0) is 24.8. The van der Waals surface area contributed by atoms with Crippen molar-refractivity contribution >= 4 is 23.3 Å². The average molecular weight is 493 g/mol. The summed E-state index contributed by atoms with van der Waals surface area (Å²) in [5.74, 6) is 0.00734. The van der Waals surface area contributed by atoms with Gasteiger partial charge in [-0.3, -0.25) is 9.78 Å². The minimum atomic E-state index is -0.555. The predicted molar refractivity (Wildman–Crippen MR) is 137 cm³/mol. The molecule has 2 amide bonds. The maximum absolute atomic E-state index is 13.6. The number of aromatic nitrogens is 2. The molecule has 35 heavy (non-hydrogen) atoms. The van der Waals surface area contributed by atoms with Crippen LogP contribution in [0, 0.1) is 0 Å². The van der Waals surface area contributed by atoms with Gasteiger partial charge in [0.2, 0.25) is 5.91 Å². The Hall–Kier alpha value is -3.26. The summed E-state index contributed by atoms with van der Waals surface area (Å²) in [6, 6.07) is 13.7. The Labute approximate surface area is 210 Å². The van der Waals surface area contributed by atoms with Gasteiger partial charge < -0.3 is 14.5 Å². The molecule has 1 saturated heterocycles. The van der Waals surface area contributed by atoms with E-state index in [1.165, 1.54) is 11.3 Å². The van der Waals surface area contributed by atoms with Crippen molar-refractivity contribution in [1.82, 2.24) is 19.8 Å². The second-order valence-electron chi connectivity index (χ2n) is 9.79. The molecule has 0 N–H and O–H groups in total. The van der Waals surface area contributed by atoms with Crippen LogP contribution in [0.3, 0.4) is 0 Å². The van der Waals surface area contributed by atoms with E-state index in [1.807, 2.05) is 73.5 Å². The first-order chi connectivity index (χ1) is 16.8. The van der Waals surface area contributed by atoms with Crippen molar-refractivity contribution in [2.75, 3.05) is 13.1 Å². The Morgan fingerprint density at radius 3 is 2.69 bits per heavy atom. The van der Waals surface area contributed by atoms with Crippen molar-refractivity contribution < 1.29 is 14.3 Å². The standard InChI is InChI=1S/C27H32N4O3S/c1-27(2,3)34-26(33)30-14-8-12-23(18-30)31(17-20-9-5-4-6-10-20)24(32)15-22-19-35-25(29-22)21-11-7-13-28-16-21/h4-7,9-11,13,16,19,23H,8,12,14-15,17-18H2,1-3H3/t23-/m0/s1. The molecule has 3 heterocycles. The first-order valence-corrected chi connectivity index (χ1v) is 12.8. The highest BCUT2D eigenvalue weighted by atomic mass is 32.1. The minimum Gasteiger partial charge on any atom is -0.444 e. The molecule has 0 radical (unpaired) electrons. The Morgan fingerprint density at radius 1 is 1.17 bits per heavy atom. The van der Waals surface area contributed by atoms with Gasteiger partial charge in [-0.2, -0.15) is 0 Å². The molecule has 1 aliphatic heterocycles. The zero-order valence-corrected chi connectivity index (χ0v) is 21.3. The fourth-order valence-electron chi connectivity index (χ4n) is 4.17. The number of ether oxygens (including phenoxy) is 1. The number of likely N-dealkylation sites (tertiary alicyclic amines) is 1. The number of rotatable bonds is 6. The van der Waals surface area contributed by atoms with Crippen LogP contribution < -0.4 is 0 Å². The summed E-state index contributed by atoms with van der Waals surface area (Å²) in [6.45, 7) is 7.19. The van der Waals surface area contributed by atoms with Gasteiger partial charge in [0.15, 0.2) is 0 Å². The van der Waals surface area contributed by atoms with Crippen LogP contribution in [0.15, 0.2) is 60.2 Å². The molecular weight excluding hydrogens is 460 g/mol. The second kappa shape index (κ2) is 11.0. The fourth-order valence-corrected chi connectivity index (χ4v) is 4.98. The Morgan fingerprint density at radius 2 is 1.97 bits per heavy atom. The van der Waals surface area contributed by atoms with Gasteiger partial charge in [0.05, 0.1) is 12.1 Å². The number of hydrogen-bond donors (Lipinski definition) is 0. The summed E-state index contributed by atoms with van der Waals surface area (Å²) in [5.41, 5.74) is 2.19. The minimum absolute atomic E-state index is 0.00734. The van der Waals surface area contributed by atoms with Crippen LogP contribution in [-0.4, -0.2) is 56.5 Å². The van der Waals surface area contributed by atoms with Crippen molar-refractivity contribution in [2.24, 2.45) is 0 Å². The lowest BCUT2D eigenvalue weighted by molar-refractivity contribution is -0.134. The highest BCUT2D eigenvalue weighted by Gasteiger charge is 2.33. The highest BCUT2D eigenvalue weighted by Crippen LogP contribution is 2.25. The van der Waals surface area contributed by atoms with Gasteiger partial charge >= 0.3 is 6.09 Å². The van der Waals surface area contributed by atoms with Crippen molar-refractivity contribution in [3.63, 3.8) is 0 Å². The van der Waals surface area contributed by atoms with E-state index >= 15 is 0 Å². The molecule has 1 fully saturated rings. The van der Waals surface area contributed by atoms with E-state index in [9.17, 15) is 9.59 Å². The third-order valence-electron chi connectivity index (χ3n) is 5.80. The molecule has 0 unspecified atom stereocenters. The van der Waals surface area contributed by atoms with E-state index in [1.54, 1.807) is 17.3 Å². The number of amides is 2. The fraction of sp³-hybridized carbons (Fsp3) is 0.407. The Bertz CT molecular complexity index is 1130. The summed E-state index contributed by atoms with van der Waals surface area (Å²) >= 11 is 1.51. The van der Waals surface area contributed by atoms with Crippen molar-refractivity contribution in [3.05, 3.63) is 71.5 Å². The van der Waals surface area contributed by atoms with Gasteiger partial charge in [-0.25, -0.2) is 9.78 Å². The number of hydrogen-bond acceptors (Lipinski definition) is 6. The molecule has 0 bridgehead atoms. The molecule has 3 aromatic rings. The van der Waals surface area contributed by atoms with Gasteiger partial charge in [0.25, 0.3) is 0 Å². The largest absolute Gasteiger partial charge is 0.444 e. The van der Waals surface area contributed by atoms with E-state index in [-0.39, 0.29) is 24.5 Å². The van der Waals surface area contributed by atoms with Crippen LogP contribution in [0.25, 0.3) is 10.6 Å². The van der Waals surface area contributed by atoms with Gasteiger partial charge in [-0.15, -0.1) is 11.3 Å². The Balaban J connectivity index is 1.51. The predicted octanol–water partition coefficient (Wildman–Crippen LogP) is 5.18. The van der Waals surface area contributed by atoms with Gasteiger partial charge in [0, 0.05) is 49.0 Å². The highest BCUT2D eigenvalue weighted by molar-refractivity contribution is 7.13. The first kappa shape index (κ1) is 24.9. The first-order valence-electron chi connectivity index (χ1n) is 11.9. The van der Waals surface area contributed by atoms with Gasteiger partial charge in [0.1, 0.15) is 10.6 Å². The van der Waals surface area contributed by atoms with Crippen LogP contribution in [0.2, 0.25) is 0 Å². The number of benzene rings is 1. The number of carbonyl (C=O) groups is 2. The summed E-state index contributed by atoms with van der Waals surface area (Å²) in [5, 5.41) is 2.79. The molecule has 1 aromatic carbocycles. The summed E-state index contributed by atoms with van der Waals surface area (Å²) < 4.78 is 5.59. The second-order valence-corrected chi connectivity index (χ2v) is 10.7. The molecule has 1 aliphatic rings. The molecule has 1 atom stereocenters. The third kappa shape index (κ3) is 6.88. The van der Waals surface area contributed by atoms with Crippen molar-refractivity contribution in [3.8, 4) is 10.6 Å². The van der Waals surface area contributed by atoms with Crippen LogP contribution in [0.4, 0.5) is 4.79 Å². The number of thiazole rings is 1. The van der Waals surface area contributed by atoms with E-state index in [2.05, 4.69) is 9.97 Å². The van der Waals surface area contributed by atoms with Crippen molar-refractivity contribution in [1.29, 1.82) is 0 Å². The molecular formula is C27H32N4O3S. The lowest BCUT2D eigenvalue weighted by Gasteiger charge is -2.39. The average Bonchev–Trinajstić information content (AvgIpc) is 3.31. The van der Waals surface area contributed by atoms with Crippen LogP contribution >= 0.6 is 11.3 Å². The van der Waals surface area contributed by atoms with Gasteiger partial charge in [-0.05, 0) is 51.3 Å². The molecule has 4 rings (SSSR count). The molecule has 7 nitrogen and oxygen atoms in total. The number of carbonyl (C=O) groups excluding carboxylic acids is 2. The van der Waals surface area contributed by atoms with E-state index in [0.29, 0.717) is 19.6 Å². The molecule has 0 saturated carbocycles. The lowest BCUT2D eigenvalue weighted by Crippen LogP contribution is -2.52. The summed E-state index contributed by atoms with van der Waals surface area (Å²) in [7, 11) is 0. The van der Waals surface area contributed by atoms with E-state index in [4.69, 9.17) is 4.74 Å². The van der Waals surface area contributed by atoms with Gasteiger partial charge in [-0.1, -0.05) is 30.3 Å². The zero-order valence-electron chi connectivity index (χ0n) is 20.5. The third-order valence-corrected chi connectivity index (χ3v) is 6.74. The van der Waals surface area contributed by atoms with Crippen LogP contribution in [0.1, 0.15) is 44.9 Å². The maximum atomic E-state index is 13.6.